The Labute approximate surface area is 121 Å². The van der Waals surface area contributed by atoms with Gasteiger partial charge >= 0.3 is 16.5 Å². The normalized spacial score (nSPS) is 10.0. The molecule has 0 aliphatic rings. The van der Waals surface area contributed by atoms with Gasteiger partial charge in [-0.3, -0.25) is 0 Å². The number of hydrogen-bond donors (Lipinski definition) is 3. The molecule has 0 aromatic heterocycles. The third-order valence-electron chi connectivity index (χ3n) is 1.15. The molecule has 10 heteroatoms. The summed E-state index contributed by atoms with van der Waals surface area (Å²) in [6.07, 6.45) is 0. The zero-order valence-corrected chi connectivity index (χ0v) is 13.0. The average Bonchev–Trinajstić information content (AvgIpc) is 2.00. The van der Waals surface area contributed by atoms with Crippen molar-refractivity contribution in [2.24, 2.45) is 11.5 Å². The Morgan fingerprint density at radius 1 is 0.889 bits per heavy atom. The smallest absolute Gasteiger partial charge is 0.329 e. The van der Waals surface area contributed by atoms with Gasteiger partial charge in [0.1, 0.15) is 0 Å². The first-order valence-electron chi connectivity index (χ1n) is 4.87. The van der Waals surface area contributed by atoms with E-state index in [9.17, 15) is 0 Å². The Balaban J connectivity index is -0.0000000799. The van der Waals surface area contributed by atoms with Crippen LogP contribution in [0.4, 0.5) is 0 Å². The van der Waals surface area contributed by atoms with Gasteiger partial charge in [0.25, 0.3) is 0 Å². The third kappa shape index (κ3) is 94.2. The van der Waals surface area contributed by atoms with Crippen molar-refractivity contribution in [1.82, 2.24) is 9.80 Å². The zero-order valence-electron chi connectivity index (χ0n) is 11.2. The minimum Gasteiger partial charge on any atom is -0.329 e. The van der Waals surface area contributed by atoms with E-state index >= 15 is 0 Å². The number of hydrogen-bond acceptors (Lipinski definition) is 8. The molecule has 5 N–H and O–H groups in total. The number of likely N-dealkylation sites (N-methyl/N-ethyl adjacent to an activating group) is 2. The molecule has 0 aromatic carbocycles. The van der Waals surface area contributed by atoms with Gasteiger partial charge < -0.3 is 21.3 Å². The number of rotatable bonds is 4. The molecular formula is C8H25ClN4NiO4+2. The molecule has 0 fully saturated rings. The van der Waals surface area contributed by atoms with Gasteiger partial charge in [-0.2, -0.15) is 14.0 Å². The summed E-state index contributed by atoms with van der Waals surface area (Å²) in [6.45, 7) is 3.49. The van der Waals surface area contributed by atoms with E-state index in [1.165, 1.54) is 0 Å². The van der Waals surface area contributed by atoms with Crippen molar-refractivity contribution in [2.75, 3.05) is 54.4 Å². The van der Waals surface area contributed by atoms with Crippen molar-refractivity contribution in [2.45, 2.75) is 0 Å². The first kappa shape index (κ1) is 26.9. The van der Waals surface area contributed by atoms with Gasteiger partial charge in [-0.25, -0.2) is 0 Å². The summed E-state index contributed by atoms with van der Waals surface area (Å²) < 4.78 is 32.7. The van der Waals surface area contributed by atoms with E-state index in [2.05, 4.69) is 9.80 Å². The van der Waals surface area contributed by atoms with Crippen molar-refractivity contribution in [1.29, 1.82) is 0 Å². The molecule has 0 atom stereocenters. The monoisotopic (exact) mass is 334 g/mol. The fraction of sp³-hybridized carbons (Fsp3) is 1.00. The number of nitrogens with zero attached hydrogens (tertiary/aromatic N) is 2. The van der Waals surface area contributed by atoms with Gasteiger partial charge in [0.05, 0.1) is 14.9 Å². The Bertz CT molecular complexity index is 134. The van der Waals surface area contributed by atoms with E-state index < -0.39 is 10.2 Å². The largest absolute Gasteiger partial charge is 2.00 e. The predicted molar refractivity (Wildman–Crippen MR) is 57.4 cm³/mol. The van der Waals surface area contributed by atoms with Crippen LogP contribution >= 0.6 is 0 Å². The summed E-state index contributed by atoms with van der Waals surface area (Å²) in [6, 6.07) is 0. The summed E-state index contributed by atoms with van der Waals surface area (Å²) in [7, 11) is 3.33. The molecule has 0 aromatic rings. The molecule has 0 heterocycles. The molecule has 0 bridgehead atoms. The van der Waals surface area contributed by atoms with Crippen molar-refractivity contribution < 1.29 is 45.4 Å². The van der Waals surface area contributed by atoms with Crippen LogP contribution in [0.2, 0.25) is 0 Å². The third-order valence-corrected chi connectivity index (χ3v) is 1.15. The van der Waals surface area contributed by atoms with Gasteiger partial charge in [-0.15, -0.1) is 0 Å². The molecule has 0 radical (unpaired) electrons. The van der Waals surface area contributed by atoms with Crippen molar-refractivity contribution in [3.05, 3.63) is 0 Å². The standard InChI is InChI=1S/2C4H12N2.ClHO4.Ni/c2*1-6(2)4-3-5;2-1(3,4)5;/h2*3-5H2,1-2H3;(H,2,3,4,5);/q;;;+2. The second-order valence-electron chi connectivity index (χ2n) is 3.58. The van der Waals surface area contributed by atoms with E-state index in [-0.39, 0.29) is 16.5 Å². The maximum atomic E-state index is 8.60. The fourth-order valence-corrected chi connectivity index (χ4v) is 0.516. The summed E-state index contributed by atoms with van der Waals surface area (Å²) in [5, 5.41) is 0. The molecule has 0 unspecified atom stereocenters. The molecule has 0 saturated carbocycles. The van der Waals surface area contributed by atoms with Gasteiger partial charge in [-0.1, -0.05) is 0 Å². The minimum atomic E-state index is -4.69. The van der Waals surface area contributed by atoms with E-state index in [1.54, 1.807) is 0 Å². The van der Waals surface area contributed by atoms with Gasteiger partial charge in [0.2, 0.25) is 0 Å². The molecule has 0 aliphatic heterocycles. The summed E-state index contributed by atoms with van der Waals surface area (Å²) >= 11 is 0. The number of halogens is 1. The average molecular weight is 335 g/mol. The maximum Gasteiger partial charge on any atom is 2.00 e. The van der Waals surface area contributed by atoms with Crippen LogP contribution in [0.1, 0.15) is 0 Å². The minimum absolute atomic E-state index is 0. The Kier molecular flexibility index (Phi) is 26.1. The second kappa shape index (κ2) is 17.5. The summed E-state index contributed by atoms with van der Waals surface area (Å²) in [4.78, 5) is 4.11. The Hall–Kier alpha value is 0.464. The van der Waals surface area contributed by atoms with E-state index in [4.69, 9.17) is 30.1 Å². The molecule has 0 saturated heterocycles. The van der Waals surface area contributed by atoms with Crippen LogP contribution in [0, 0.1) is 10.2 Å². The van der Waals surface area contributed by atoms with Crippen LogP contribution in [-0.4, -0.2) is 68.8 Å². The first-order valence-corrected chi connectivity index (χ1v) is 6.13. The predicted octanol–water partition coefficient (Wildman–Crippen LogP) is -5.11. The Morgan fingerprint density at radius 3 is 1.06 bits per heavy atom. The van der Waals surface area contributed by atoms with Gasteiger partial charge in [0.15, 0.2) is 0 Å². The fourth-order valence-electron chi connectivity index (χ4n) is 0.516. The molecule has 18 heavy (non-hydrogen) atoms. The quantitative estimate of drug-likeness (QED) is 0.432. The van der Waals surface area contributed by atoms with Gasteiger partial charge in [-0.05, 0) is 28.2 Å². The molecule has 0 aliphatic carbocycles. The Morgan fingerprint density at radius 2 is 1.06 bits per heavy atom. The van der Waals surface area contributed by atoms with Crippen LogP contribution in [0.15, 0.2) is 0 Å². The molecule has 116 valence electrons. The van der Waals surface area contributed by atoms with Gasteiger partial charge in [0, 0.05) is 26.2 Å². The first-order chi connectivity index (χ1) is 7.54. The zero-order chi connectivity index (χ0) is 14.5. The van der Waals surface area contributed by atoms with Crippen molar-refractivity contribution in [3.8, 4) is 0 Å². The van der Waals surface area contributed by atoms with Crippen molar-refractivity contribution >= 4 is 0 Å². The topological polar surface area (TPSA) is 148 Å². The molecular weight excluding hydrogens is 310 g/mol. The van der Waals surface area contributed by atoms with E-state index in [0.29, 0.717) is 0 Å². The maximum absolute atomic E-state index is 8.60. The van der Waals surface area contributed by atoms with Crippen LogP contribution in [0.5, 0.6) is 0 Å². The SMILES string of the molecule is CN(C)CCN.CN(C)CCN.[Ni+2].[O-][Cl+3]([O-])([O-])O. The van der Waals surface area contributed by atoms with Crippen LogP contribution in [-0.2, 0) is 16.5 Å². The van der Waals surface area contributed by atoms with Crippen molar-refractivity contribution in [3.63, 3.8) is 0 Å². The molecule has 0 rings (SSSR count). The number of nitrogens with two attached hydrogens (primary N) is 2. The molecule has 0 spiro atoms. The van der Waals surface area contributed by atoms with E-state index in [1.807, 2.05) is 28.2 Å². The summed E-state index contributed by atoms with van der Waals surface area (Å²) in [5.41, 5.74) is 10.4. The molecule has 0 amide bonds. The van der Waals surface area contributed by atoms with E-state index in [0.717, 1.165) is 26.2 Å². The molecule has 8 nitrogen and oxygen atoms in total. The van der Waals surface area contributed by atoms with Crippen LogP contribution < -0.4 is 25.4 Å². The van der Waals surface area contributed by atoms with Crippen LogP contribution in [0.3, 0.4) is 0 Å². The van der Waals surface area contributed by atoms with Crippen LogP contribution in [0.25, 0.3) is 0 Å². The summed E-state index contributed by atoms with van der Waals surface area (Å²) in [5.74, 6) is 0. The second-order valence-corrected chi connectivity index (χ2v) is 4.37.